The third-order valence-electron chi connectivity index (χ3n) is 3.76. The van der Waals surface area contributed by atoms with Crippen LogP contribution >= 0.6 is 0 Å². The van der Waals surface area contributed by atoms with E-state index < -0.39 is 5.97 Å². The average molecular weight is 276 g/mol. The molecular weight excluding hydrogens is 252 g/mol. The van der Waals surface area contributed by atoms with Crippen molar-refractivity contribution in [1.82, 2.24) is 10.2 Å². The summed E-state index contributed by atoms with van der Waals surface area (Å²) in [5.41, 5.74) is 2.06. The van der Waals surface area contributed by atoms with Crippen molar-refractivity contribution in [3.8, 4) is 0 Å². The van der Waals surface area contributed by atoms with E-state index in [9.17, 15) is 4.79 Å². The number of carboxylic acids is 1. The lowest BCUT2D eigenvalue weighted by molar-refractivity contribution is -0.136. The van der Waals surface area contributed by atoms with E-state index in [1.807, 2.05) is 24.3 Å². The number of carboxylic acid groups (broad SMARTS) is 1. The van der Waals surface area contributed by atoms with Gasteiger partial charge in [-0.25, -0.2) is 0 Å². The monoisotopic (exact) mass is 276 g/mol. The van der Waals surface area contributed by atoms with Gasteiger partial charge in [0.2, 0.25) is 0 Å². The minimum atomic E-state index is -0.780. The van der Waals surface area contributed by atoms with Crippen LogP contribution in [0.25, 0.3) is 0 Å². The summed E-state index contributed by atoms with van der Waals surface area (Å²) in [5.74, 6) is -0.780. The number of nitrogens with zero attached hydrogens (tertiary/aromatic N) is 1. The predicted octanol–water partition coefficient (Wildman–Crippen LogP) is 1.89. The fourth-order valence-corrected chi connectivity index (χ4v) is 2.60. The second-order valence-electron chi connectivity index (χ2n) is 5.47. The SMILES string of the molecule is O=C(O)Cc1ccc(CNCCN2CCCCC2)cc1. The van der Waals surface area contributed by atoms with Gasteiger partial charge < -0.3 is 15.3 Å². The largest absolute Gasteiger partial charge is 0.481 e. The summed E-state index contributed by atoms with van der Waals surface area (Å²) in [6.07, 6.45) is 4.16. The molecule has 20 heavy (non-hydrogen) atoms. The van der Waals surface area contributed by atoms with Crippen LogP contribution in [0.5, 0.6) is 0 Å². The highest BCUT2D eigenvalue weighted by Gasteiger charge is 2.08. The molecule has 0 saturated carbocycles. The van der Waals surface area contributed by atoms with Crippen molar-refractivity contribution in [3.05, 3.63) is 35.4 Å². The first-order chi connectivity index (χ1) is 9.74. The van der Waals surface area contributed by atoms with Gasteiger partial charge >= 0.3 is 5.97 Å². The fraction of sp³-hybridized carbons (Fsp3) is 0.562. The molecule has 0 aromatic heterocycles. The van der Waals surface area contributed by atoms with Crippen molar-refractivity contribution < 1.29 is 9.90 Å². The Hall–Kier alpha value is -1.39. The van der Waals surface area contributed by atoms with Crippen LogP contribution in [0.2, 0.25) is 0 Å². The topological polar surface area (TPSA) is 52.6 Å². The van der Waals surface area contributed by atoms with Gasteiger partial charge in [-0.05, 0) is 37.1 Å². The molecular formula is C16H24N2O2. The minimum absolute atomic E-state index is 0.0999. The molecule has 0 amide bonds. The lowest BCUT2D eigenvalue weighted by atomic mass is 10.1. The van der Waals surface area contributed by atoms with Gasteiger partial charge in [-0.3, -0.25) is 4.79 Å². The van der Waals surface area contributed by atoms with Crippen molar-refractivity contribution in [2.24, 2.45) is 0 Å². The second kappa shape index (κ2) is 8.02. The Morgan fingerprint density at radius 1 is 1.10 bits per heavy atom. The van der Waals surface area contributed by atoms with Crippen molar-refractivity contribution >= 4 is 5.97 Å². The first-order valence-electron chi connectivity index (χ1n) is 7.47. The Balaban J connectivity index is 1.64. The molecule has 1 saturated heterocycles. The van der Waals surface area contributed by atoms with E-state index in [0.717, 1.165) is 25.2 Å². The van der Waals surface area contributed by atoms with Crippen molar-refractivity contribution in [1.29, 1.82) is 0 Å². The van der Waals surface area contributed by atoms with Gasteiger partial charge in [0.25, 0.3) is 0 Å². The standard InChI is InChI=1S/C16H24N2O2/c19-16(20)12-14-4-6-15(7-5-14)13-17-8-11-18-9-2-1-3-10-18/h4-7,17H,1-3,8-13H2,(H,19,20). The number of piperidine rings is 1. The van der Waals surface area contributed by atoms with E-state index in [1.165, 1.54) is 37.9 Å². The van der Waals surface area contributed by atoms with E-state index >= 15 is 0 Å². The molecule has 0 bridgehead atoms. The smallest absolute Gasteiger partial charge is 0.307 e. The molecule has 2 N–H and O–H groups in total. The summed E-state index contributed by atoms with van der Waals surface area (Å²) in [6.45, 7) is 5.46. The highest BCUT2D eigenvalue weighted by molar-refractivity contribution is 5.70. The maximum absolute atomic E-state index is 10.6. The third-order valence-corrected chi connectivity index (χ3v) is 3.76. The van der Waals surface area contributed by atoms with E-state index in [2.05, 4.69) is 10.2 Å². The first kappa shape index (κ1) is 15.0. The van der Waals surface area contributed by atoms with Crippen LogP contribution in [0, 0.1) is 0 Å². The van der Waals surface area contributed by atoms with Crippen molar-refractivity contribution in [3.63, 3.8) is 0 Å². The summed E-state index contributed by atoms with van der Waals surface area (Å²) in [7, 11) is 0. The zero-order valence-electron chi connectivity index (χ0n) is 12.0. The lowest BCUT2D eigenvalue weighted by Gasteiger charge is -2.26. The molecule has 0 atom stereocenters. The van der Waals surface area contributed by atoms with Gasteiger partial charge in [-0.2, -0.15) is 0 Å². The van der Waals surface area contributed by atoms with Gasteiger partial charge in [-0.1, -0.05) is 30.7 Å². The molecule has 0 radical (unpaired) electrons. The second-order valence-corrected chi connectivity index (χ2v) is 5.47. The highest BCUT2D eigenvalue weighted by atomic mass is 16.4. The molecule has 1 aromatic rings. The zero-order valence-corrected chi connectivity index (χ0v) is 12.0. The number of nitrogens with one attached hydrogen (secondary N) is 1. The Labute approximate surface area is 120 Å². The van der Waals surface area contributed by atoms with Gasteiger partial charge in [0.05, 0.1) is 6.42 Å². The quantitative estimate of drug-likeness (QED) is 0.747. The molecule has 1 heterocycles. The molecule has 110 valence electrons. The Morgan fingerprint density at radius 2 is 1.75 bits per heavy atom. The molecule has 1 aliphatic rings. The molecule has 1 aromatic carbocycles. The highest BCUT2D eigenvalue weighted by Crippen LogP contribution is 2.08. The van der Waals surface area contributed by atoms with E-state index in [1.54, 1.807) is 0 Å². The maximum Gasteiger partial charge on any atom is 0.307 e. The Morgan fingerprint density at radius 3 is 2.40 bits per heavy atom. The normalized spacial score (nSPS) is 16.2. The Kier molecular flexibility index (Phi) is 6.02. The summed E-state index contributed by atoms with van der Waals surface area (Å²) >= 11 is 0. The van der Waals surface area contributed by atoms with Crippen LogP contribution in [0.1, 0.15) is 30.4 Å². The molecule has 4 heteroatoms. The number of rotatable bonds is 7. The van der Waals surface area contributed by atoms with Crippen LogP contribution in [-0.2, 0) is 17.8 Å². The molecule has 0 spiro atoms. The molecule has 1 aliphatic heterocycles. The summed E-state index contributed by atoms with van der Waals surface area (Å²) in [5, 5.41) is 12.2. The Bertz CT molecular complexity index is 411. The number of carbonyl (C=O) groups is 1. The average Bonchev–Trinajstić information content (AvgIpc) is 2.46. The van der Waals surface area contributed by atoms with Crippen LogP contribution in [0.3, 0.4) is 0 Å². The zero-order chi connectivity index (χ0) is 14.2. The van der Waals surface area contributed by atoms with Gasteiger partial charge in [0, 0.05) is 19.6 Å². The minimum Gasteiger partial charge on any atom is -0.481 e. The number of hydrogen-bond donors (Lipinski definition) is 2. The van der Waals surface area contributed by atoms with Crippen LogP contribution < -0.4 is 5.32 Å². The van der Waals surface area contributed by atoms with Gasteiger partial charge in [-0.15, -0.1) is 0 Å². The summed E-state index contributed by atoms with van der Waals surface area (Å²) in [6, 6.07) is 7.81. The molecule has 2 rings (SSSR count). The molecule has 0 unspecified atom stereocenters. The molecule has 1 fully saturated rings. The van der Waals surface area contributed by atoms with Crippen LogP contribution in [-0.4, -0.2) is 42.2 Å². The van der Waals surface area contributed by atoms with Crippen molar-refractivity contribution in [2.45, 2.75) is 32.2 Å². The molecule has 4 nitrogen and oxygen atoms in total. The summed E-state index contributed by atoms with van der Waals surface area (Å²) < 4.78 is 0. The fourth-order valence-electron chi connectivity index (χ4n) is 2.60. The number of hydrogen-bond acceptors (Lipinski definition) is 3. The number of benzene rings is 1. The van der Waals surface area contributed by atoms with Crippen LogP contribution in [0.4, 0.5) is 0 Å². The van der Waals surface area contributed by atoms with E-state index in [0.29, 0.717) is 0 Å². The predicted molar refractivity (Wildman–Crippen MR) is 79.8 cm³/mol. The third kappa shape index (κ3) is 5.31. The first-order valence-corrected chi connectivity index (χ1v) is 7.47. The van der Waals surface area contributed by atoms with Gasteiger partial charge in [0.1, 0.15) is 0 Å². The molecule has 0 aliphatic carbocycles. The maximum atomic E-state index is 10.6. The lowest BCUT2D eigenvalue weighted by Crippen LogP contribution is -2.35. The van der Waals surface area contributed by atoms with E-state index in [4.69, 9.17) is 5.11 Å². The van der Waals surface area contributed by atoms with Crippen molar-refractivity contribution in [2.75, 3.05) is 26.2 Å². The van der Waals surface area contributed by atoms with E-state index in [-0.39, 0.29) is 6.42 Å². The van der Waals surface area contributed by atoms with Gasteiger partial charge in [0.15, 0.2) is 0 Å². The number of likely N-dealkylation sites (tertiary alicyclic amines) is 1. The number of aliphatic carboxylic acids is 1. The van der Waals surface area contributed by atoms with Crippen LogP contribution in [0.15, 0.2) is 24.3 Å². The summed E-state index contributed by atoms with van der Waals surface area (Å²) in [4.78, 5) is 13.1.